The Morgan fingerprint density at radius 2 is 2.19 bits per heavy atom. The molecule has 114 valence electrons. The van der Waals surface area contributed by atoms with Gasteiger partial charge in [0.2, 0.25) is 11.8 Å². The third-order valence-electron chi connectivity index (χ3n) is 3.85. The molecule has 0 unspecified atom stereocenters. The summed E-state index contributed by atoms with van der Waals surface area (Å²) in [4.78, 5) is 25.4. The van der Waals surface area contributed by atoms with Gasteiger partial charge in [0.15, 0.2) is 0 Å². The highest BCUT2D eigenvalue weighted by atomic mass is 16.5. The fourth-order valence-electron chi connectivity index (χ4n) is 2.63. The predicted molar refractivity (Wildman–Crippen MR) is 80.1 cm³/mol. The van der Waals surface area contributed by atoms with E-state index in [0.29, 0.717) is 32.5 Å². The second-order valence-corrected chi connectivity index (χ2v) is 5.19. The molecular formula is C16H22N2O3. The molecule has 0 aromatic heterocycles. The van der Waals surface area contributed by atoms with Crippen molar-refractivity contribution in [3.8, 4) is 5.75 Å². The van der Waals surface area contributed by atoms with Gasteiger partial charge in [0.25, 0.3) is 0 Å². The summed E-state index contributed by atoms with van der Waals surface area (Å²) in [5.74, 6) is 0.659. The summed E-state index contributed by atoms with van der Waals surface area (Å²) < 4.78 is 5.28. The van der Waals surface area contributed by atoms with Crippen LogP contribution in [0.5, 0.6) is 5.75 Å². The SMILES string of the molecule is CCN1C[C@H](C(=O)NCCc2ccccc2OC)CC1=O. The van der Waals surface area contributed by atoms with Gasteiger partial charge in [0, 0.05) is 26.1 Å². The molecule has 0 aliphatic carbocycles. The molecule has 0 spiro atoms. The molecule has 1 saturated heterocycles. The van der Waals surface area contributed by atoms with Gasteiger partial charge >= 0.3 is 0 Å². The average Bonchev–Trinajstić information content (AvgIpc) is 2.89. The molecule has 1 fully saturated rings. The molecule has 1 aliphatic heterocycles. The lowest BCUT2D eigenvalue weighted by atomic mass is 10.1. The molecule has 2 rings (SSSR count). The molecule has 0 saturated carbocycles. The van der Waals surface area contributed by atoms with E-state index in [-0.39, 0.29) is 17.7 Å². The first kappa shape index (κ1) is 15.4. The van der Waals surface area contributed by atoms with Crippen LogP contribution in [-0.2, 0) is 16.0 Å². The fourth-order valence-corrected chi connectivity index (χ4v) is 2.63. The van der Waals surface area contributed by atoms with E-state index in [1.807, 2.05) is 31.2 Å². The number of nitrogens with zero attached hydrogens (tertiary/aromatic N) is 1. The van der Waals surface area contributed by atoms with Crippen LogP contribution < -0.4 is 10.1 Å². The van der Waals surface area contributed by atoms with Gasteiger partial charge in [-0.05, 0) is 25.0 Å². The number of hydrogen-bond acceptors (Lipinski definition) is 3. The Balaban J connectivity index is 1.81. The highest BCUT2D eigenvalue weighted by molar-refractivity contribution is 5.89. The van der Waals surface area contributed by atoms with Crippen LogP contribution in [0.2, 0.25) is 0 Å². The van der Waals surface area contributed by atoms with Gasteiger partial charge in [0.05, 0.1) is 13.0 Å². The Morgan fingerprint density at radius 1 is 1.43 bits per heavy atom. The minimum absolute atomic E-state index is 0.0332. The van der Waals surface area contributed by atoms with Crippen molar-refractivity contribution in [1.82, 2.24) is 10.2 Å². The van der Waals surface area contributed by atoms with Crippen LogP contribution in [-0.4, -0.2) is 43.5 Å². The molecule has 2 amide bonds. The molecule has 21 heavy (non-hydrogen) atoms. The van der Waals surface area contributed by atoms with Crippen LogP contribution in [0.1, 0.15) is 18.9 Å². The Bertz CT molecular complexity index is 516. The van der Waals surface area contributed by atoms with Gasteiger partial charge in [-0.3, -0.25) is 9.59 Å². The van der Waals surface area contributed by atoms with Gasteiger partial charge in [-0.2, -0.15) is 0 Å². The second-order valence-electron chi connectivity index (χ2n) is 5.19. The largest absolute Gasteiger partial charge is 0.496 e. The molecule has 5 nitrogen and oxygen atoms in total. The number of para-hydroxylation sites is 1. The van der Waals surface area contributed by atoms with E-state index >= 15 is 0 Å². The monoisotopic (exact) mass is 290 g/mol. The molecule has 5 heteroatoms. The summed E-state index contributed by atoms with van der Waals surface area (Å²) in [6.45, 7) is 3.69. The van der Waals surface area contributed by atoms with Crippen LogP contribution in [0, 0.1) is 5.92 Å². The maximum Gasteiger partial charge on any atom is 0.225 e. The number of likely N-dealkylation sites (tertiary alicyclic amines) is 1. The lowest BCUT2D eigenvalue weighted by Gasteiger charge is -2.14. The third kappa shape index (κ3) is 3.74. The summed E-state index contributed by atoms with van der Waals surface area (Å²) in [6.07, 6.45) is 1.04. The molecule has 1 aromatic carbocycles. The summed E-state index contributed by atoms with van der Waals surface area (Å²) in [5.41, 5.74) is 1.07. The van der Waals surface area contributed by atoms with Crippen LogP contribution in [0.25, 0.3) is 0 Å². The van der Waals surface area contributed by atoms with Crippen molar-refractivity contribution in [2.75, 3.05) is 26.7 Å². The van der Waals surface area contributed by atoms with Crippen molar-refractivity contribution in [1.29, 1.82) is 0 Å². The predicted octanol–water partition coefficient (Wildman–Crippen LogP) is 1.22. The summed E-state index contributed by atoms with van der Waals surface area (Å²) >= 11 is 0. The van der Waals surface area contributed by atoms with E-state index in [0.717, 1.165) is 11.3 Å². The zero-order valence-electron chi connectivity index (χ0n) is 12.6. The quantitative estimate of drug-likeness (QED) is 0.857. The van der Waals surface area contributed by atoms with E-state index in [1.165, 1.54) is 0 Å². The summed E-state index contributed by atoms with van der Waals surface area (Å²) in [6, 6.07) is 7.77. The number of carbonyl (C=O) groups is 2. The average molecular weight is 290 g/mol. The molecular weight excluding hydrogens is 268 g/mol. The normalized spacial score (nSPS) is 17.9. The maximum absolute atomic E-state index is 12.1. The summed E-state index contributed by atoms with van der Waals surface area (Å²) in [7, 11) is 1.64. The zero-order valence-corrected chi connectivity index (χ0v) is 12.6. The zero-order chi connectivity index (χ0) is 15.2. The third-order valence-corrected chi connectivity index (χ3v) is 3.85. The molecule has 1 atom stereocenters. The van der Waals surface area contributed by atoms with Crippen molar-refractivity contribution in [3.63, 3.8) is 0 Å². The Labute approximate surface area is 125 Å². The first-order valence-corrected chi connectivity index (χ1v) is 7.33. The van der Waals surface area contributed by atoms with E-state index < -0.39 is 0 Å². The molecule has 1 aliphatic rings. The summed E-state index contributed by atoms with van der Waals surface area (Å²) in [5, 5.41) is 2.92. The number of ether oxygens (including phenoxy) is 1. The van der Waals surface area contributed by atoms with E-state index in [1.54, 1.807) is 12.0 Å². The molecule has 1 heterocycles. The van der Waals surface area contributed by atoms with Crippen LogP contribution in [0.3, 0.4) is 0 Å². The number of nitrogens with one attached hydrogen (secondary N) is 1. The first-order valence-electron chi connectivity index (χ1n) is 7.33. The number of hydrogen-bond donors (Lipinski definition) is 1. The van der Waals surface area contributed by atoms with Crippen LogP contribution in [0.15, 0.2) is 24.3 Å². The smallest absolute Gasteiger partial charge is 0.225 e. The first-order chi connectivity index (χ1) is 10.2. The van der Waals surface area contributed by atoms with Gasteiger partial charge < -0.3 is 15.0 Å². The number of benzene rings is 1. The van der Waals surface area contributed by atoms with Gasteiger partial charge in [-0.15, -0.1) is 0 Å². The van der Waals surface area contributed by atoms with Crippen molar-refractivity contribution in [3.05, 3.63) is 29.8 Å². The molecule has 0 radical (unpaired) electrons. The van der Waals surface area contributed by atoms with Crippen molar-refractivity contribution in [2.45, 2.75) is 19.8 Å². The Hall–Kier alpha value is -2.04. The van der Waals surface area contributed by atoms with Crippen LogP contribution >= 0.6 is 0 Å². The lowest BCUT2D eigenvalue weighted by molar-refractivity contribution is -0.128. The number of rotatable bonds is 6. The standard InChI is InChI=1S/C16H22N2O3/c1-3-18-11-13(10-15(18)19)16(20)17-9-8-12-6-4-5-7-14(12)21-2/h4-7,13H,3,8-11H2,1-2H3,(H,17,20)/t13-/m1/s1. The Kier molecular flexibility index (Phi) is 5.20. The van der Waals surface area contributed by atoms with E-state index in [4.69, 9.17) is 4.74 Å². The minimum atomic E-state index is -0.213. The van der Waals surface area contributed by atoms with Gasteiger partial charge in [-0.25, -0.2) is 0 Å². The molecule has 1 aromatic rings. The number of methoxy groups -OCH3 is 1. The van der Waals surface area contributed by atoms with Crippen LogP contribution in [0.4, 0.5) is 0 Å². The highest BCUT2D eigenvalue weighted by Gasteiger charge is 2.32. The molecule has 0 bridgehead atoms. The fraction of sp³-hybridized carbons (Fsp3) is 0.500. The van der Waals surface area contributed by atoms with Crippen molar-refractivity contribution < 1.29 is 14.3 Å². The Morgan fingerprint density at radius 3 is 2.86 bits per heavy atom. The second kappa shape index (κ2) is 7.11. The van der Waals surface area contributed by atoms with Gasteiger partial charge in [0.1, 0.15) is 5.75 Å². The number of amides is 2. The van der Waals surface area contributed by atoms with Gasteiger partial charge in [-0.1, -0.05) is 18.2 Å². The maximum atomic E-state index is 12.1. The lowest BCUT2D eigenvalue weighted by Crippen LogP contribution is -2.34. The minimum Gasteiger partial charge on any atom is -0.496 e. The highest BCUT2D eigenvalue weighted by Crippen LogP contribution is 2.19. The topological polar surface area (TPSA) is 58.6 Å². The van der Waals surface area contributed by atoms with E-state index in [2.05, 4.69) is 5.32 Å². The van der Waals surface area contributed by atoms with Crippen molar-refractivity contribution in [2.24, 2.45) is 5.92 Å². The molecule has 1 N–H and O–H groups in total. The number of carbonyl (C=O) groups excluding carboxylic acids is 2. The van der Waals surface area contributed by atoms with E-state index in [9.17, 15) is 9.59 Å². The van der Waals surface area contributed by atoms with Crippen molar-refractivity contribution >= 4 is 11.8 Å².